The SMILES string of the molecule is C[C@H](NC(=O)OC(C)(C)C)C(=O)Nc1ccc(N)cc1. The number of nitrogen functional groups attached to an aromatic ring is 1. The highest BCUT2D eigenvalue weighted by Crippen LogP contribution is 2.11. The summed E-state index contributed by atoms with van der Waals surface area (Å²) >= 11 is 0. The first-order valence-electron chi connectivity index (χ1n) is 6.33. The smallest absolute Gasteiger partial charge is 0.408 e. The molecule has 0 aliphatic heterocycles. The third-order valence-electron chi connectivity index (χ3n) is 2.30. The Morgan fingerprint density at radius 2 is 1.75 bits per heavy atom. The van der Waals surface area contributed by atoms with Crippen molar-refractivity contribution < 1.29 is 14.3 Å². The Balaban J connectivity index is 2.51. The molecule has 1 rings (SSSR count). The fourth-order valence-corrected chi connectivity index (χ4v) is 1.37. The highest BCUT2D eigenvalue weighted by atomic mass is 16.6. The summed E-state index contributed by atoms with van der Waals surface area (Å²) in [5, 5.41) is 5.14. The van der Waals surface area contributed by atoms with Crippen molar-refractivity contribution in [1.29, 1.82) is 0 Å². The van der Waals surface area contributed by atoms with Gasteiger partial charge < -0.3 is 21.1 Å². The maximum atomic E-state index is 11.9. The van der Waals surface area contributed by atoms with Gasteiger partial charge in [0, 0.05) is 11.4 Å². The van der Waals surface area contributed by atoms with E-state index in [0.29, 0.717) is 11.4 Å². The standard InChI is InChI=1S/C14H21N3O3/c1-9(16-13(19)20-14(2,3)4)12(18)17-11-7-5-10(15)6-8-11/h5-9H,15H2,1-4H3,(H,16,19)(H,17,18)/t9-/m0/s1. The van der Waals surface area contributed by atoms with Gasteiger partial charge in [0.05, 0.1) is 0 Å². The summed E-state index contributed by atoms with van der Waals surface area (Å²) in [5.74, 6) is -0.333. The van der Waals surface area contributed by atoms with Gasteiger partial charge in [0.1, 0.15) is 11.6 Å². The van der Waals surface area contributed by atoms with Crippen LogP contribution in [0.5, 0.6) is 0 Å². The van der Waals surface area contributed by atoms with Crippen LogP contribution in [-0.4, -0.2) is 23.6 Å². The molecule has 6 nitrogen and oxygen atoms in total. The Hall–Kier alpha value is -2.24. The minimum absolute atomic E-state index is 0.333. The topological polar surface area (TPSA) is 93.4 Å². The van der Waals surface area contributed by atoms with Gasteiger partial charge >= 0.3 is 6.09 Å². The van der Waals surface area contributed by atoms with E-state index in [-0.39, 0.29) is 5.91 Å². The number of ether oxygens (including phenoxy) is 1. The fraction of sp³-hybridized carbons (Fsp3) is 0.429. The third kappa shape index (κ3) is 5.60. The van der Waals surface area contributed by atoms with E-state index in [0.717, 1.165) is 0 Å². The van der Waals surface area contributed by atoms with Crippen molar-refractivity contribution in [1.82, 2.24) is 5.32 Å². The number of carbonyl (C=O) groups excluding carboxylic acids is 2. The molecule has 0 aliphatic rings. The summed E-state index contributed by atoms with van der Waals surface area (Å²) in [6.45, 7) is 6.85. The first kappa shape index (κ1) is 15.8. The molecule has 0 aliphatic carbocycles. The molecule has 0 saturated carbocycles. The van der Waals surface area contributed by atoms with Crippen molar-refractivity contribution >= 4 is 23.4 Å². The maximum absolute atomic E-state index is 11.9. The second-order valence-electron chi connectivity index (χ2n) is 5.48. The molecular formula is C14H21N3O3. The molecule has 4 N–H and O–H groups in total. The summed E-state index contributed by atoms with van der Waals surface area (Å²) < 4.78 is 5.08. The van der Waals surface area contributed by atoms with E-state index in [9.17, 15) is 9.59 Å². The van der Waals surface area contributed by atoms with E-state index in [2.05, 4.69) is 10.6 Å². The zero-order valence-corrected chi connectivity index (χ0v) is 12.2. The number of hydrogen-bond acceptors (Lipinski definition) is 4. The van der Waals surface area contributed by atoms with Gasteiger partial charge in [-0.25, -0.2) is 4.79 Å². The van der Waals surface area contributed by atoms with E-state index >= 15 is 0 Å². The molecule has 6 heteroatoms. The van der Waals surface area contributed by atoms with Crippen LogP contribution in [0.3, 0.4) is 0 Å². The number of nitrogens with one attached hydrogen (secondary N) is 2. The first-order valence-corrected chi connectivity index (χ1v) is 6.33. The normalized spacial score (nSPS) is 12.4. The molecule has 1 aromatic carbocycles. The molecule has 0 heterocycles. The van der Waals surface area contributed by atoms with Gasteiger partial charge in [-0.2, -0.15) is 0 Å². The fourth-order valence-electron chi connectivity index (χ4n) is 1.37. The lowest BCUT2D eigenvalue weighted by atomic mass is 10.2. The molecule has 1 aromatic rings. The van der Waals surface area contributed by atoms with E-state index < -0.39 is 17.7 Å². The molecule has 1 atom stereocenters. The average Bonchev–Trinajstić information content (AvgIpc) is 2.29. The van der Waals surface area contributed by atoms with Crippen LogP contribution in [0.15, 0.2) is 24.3 Å². The van der Waals surface area contributed by atoms with Gasteiger partial charge in [-0.05, 0) is 52.0 Å². The number of rotatable bonds is 3. The summed E-state index contributed by atoms with van der Waals surface area (Å²) in [4.78, 5) is 23.4. The lowest BCUT2D eigenvalue weighted by Crippen LogP contribution is -2.43. The van der Waals surface area contributed by atoms with Gasteiger partial charge in [-0.1, -0.05) is 0 Å². The number of hydrogen-bond donors (Lipinski definition) is 3. The van der Waals surface area contributed by atoms with Crippen LogP contribution in [0.2, 0.25) is 0 Å². The Morgan fingerprint density at radius 3 is 2.25 bits per heavy atom. The van der Waals surface area contributed by atoms with Crippen molar-refractivity contribution in [2.45, 2.75) is 39.3 Å². The lowest BCUT2D eigenvalue weighted by molar-refractivity contribution is -0.117. The molecule has 0 spiro atoms. The summed E-state index contributed by atoms with van der Waals surface area (Å²) in [6, 6.07) is 6.03. The van der Waals surface area contributed by atoms with Gasteiger partial charge in [0.25, 0.3) is 0 Å². The molecular weight excluding hydrogens is 258 g/mol. The Morgan fingerprint density at radius 1 is 1.20 bits per heavy atom. The van der Waals surface area contributed by atoms with Crippen LogP contribution in [0.25, 0.3) is 0 Å². The van der Waals surface area contributed by atoms with Crippen molar-refractivity contribution in [2.24, 2.45) is 0 Å². The number of alkyl carbamates (subject to hydrolysis) is 1. The molecule has 0 fully saturated rings. The van der Waals surface area contributed by atoms with Crippen LogP contribution >= 0.6 is 0 Å². The molecule has 0 bridgehead atoms. The monoisotopic (exact) mass is 279 g/mol. The number of benzene rings is 1. The first-order chi connectivity index (χ1) is 9.17. The molecule has 2 amide bonds. The van der Waals surface area contributed by atoms with E-state index in [1.165, 1.54) is 0 Å². The third-order valence-corrected chi connectivity index (χ3v) is 2.30. The van der Waals surface area contributed by atoms with Crippen LogP contribution < -0.4 is 16.4 Å². The number of anilines is 2. The number of carbonyl (C=O) groups is 2. The van der Waals surface area contributed by atoms with Crippen LogP contribution in [0, 0.1) is 0 Å². The minimum Gasteiger partial charge on any atom is -0.444 e. The molecule has 0 radical (unpaired) electrons. The van der Waals surface area contributed by atoms with Crippen molar-refractivity contribution in [3.63, 3.8) is 0 Å². The number of amides is 2. The lowest BCUT2D eigenvalue weighted by Gasteiger charge is -2.21. The molecule has 0 saturated heterocycles. The van der Waals surface area contributed by atoms with Crippen molar-refractivity contribution in [3.8, 4) is 0 Å². The van der Waals surface area contributed by atoms with Gasteiger partial charge in [-0.15, -0.1) is 0 Å². The van der Waals surface area contributed by atoms with E-state index in [1.807, 2.05) is 0 Å². The highest BCUT2D eigenvalue weighted by Gasteiger charge is 2.20. The highest BCUT2D eigenvalue weighted by molar-refractivity contribution is 5.96. The quantitative estimate of drug-likeness (QED) is 0.739. The molecule has 0 unspecified atom stereocenters. The average molecular weight is 279 g/mol. The summed E-state index contributed by atoms with van der Waals surface area (Å²) in [7, 11) is 0. The van der Waals surface area contributed by atoms with Crippen LogP contribution in [-0.2, 0) is 9.53 Å². The largest absolute Gasteiger partial charge is 0.444 e. The van der Waals surface area contributed by atoms with Gasteiger partial charge in [0.15, 0.2) is 0 Å². The Labute approximate surface area is 118 Å². The van der Waals surface area contributed by atoms with Crippen molar-refractivity contribution in [2.75, 3.05) is 11.1 Å². The zero-order valence-electron chi connectivity index (χ0n) is 12.2. The van der Waals surface area contributed by atoms with E-state index in [1.54, 1.807) is 52.0 Å². The predicted molar refractivity (Wildman–Crippen MR) is 78.3 cm³/mol. The molecule has 20 heavy (non-hydrogen) atoms. The Bertz CT molecular complexity index is 477. The molecule has 0 aromatic heterocycles. The Kier molecular flexibility index (Phi) is 4.96. The minimum atomic E-state index is -0.706. The van der Waals surface area contributed by atoms with Gasteiger partial charge in [-0.3, -0.25) is 4.79 Å². The van der Waals surface area contributed by atoms with E-state index in [4.69, 9.17) is 10.5 Å². The molecule has 110 valence electrons. The predicted octanol–water partition coefficient (Wildman–Crippen LogP) is 2.12. The summed E-state index contributed by atoms with van der Waals surface area (Å²) in [6.07, 6.45) is -0.627. The zero-order chi connectivity index (χ0) is 15.3. The van der Waals surface area contributed by atoms with Crippen LogP contribution in [0.4, 0.5) is 16.2 Å². The van der Waals surface area contributed by atoms with Crippen molar-refractivity contribution in [3.05, 3.63) is 24.3 Å². The maximum Gasteiger partial charge on any atom is 0.408 e. The van der Waals surface area contributed by atoms with Gasteiger partial charge in [0.2, 0.25) is 5.91 Å². The second-order valence-corrected chi connectivity index (χ2v) is 5.48. The second kappa shape index (κ2) is 6.27. The van der Waals surface area contributed by atoms with Crippen LogP contribution in [0.1, 0.15) is 27.7 Å². The summed E-state index contributed by atoms with van der Waals surface area (Å²) in [5.41, 5.74) is 6.18. The number of nitrogens with two attached hydrogens (primary N) is 1.